The molecule has 0 aromatic heterocycles. The zero-order valence-corrected chi connectivity index (χ0v) is 5.26. The Bertz CT molecular complexity index is 50.5. The van der Waals surface area contributed by atoms with Gasteiger partial charge in [0, 0.05) is 13.7 Å². The lowest BCUT2D eigenvalue weighted by Gasteiger charge is -2.01. The Morgan fingerprint density at radius 1 is 1.62 bits per heavy atom. The molecule has 0 saturated heterocycles. The molecule has 1 N–H and O–H groups in total. The fourth-order valence-corrected chi connectivity index (χ4v) is 0.287. The highest BCUT2D eigenvalue weighted by atomic mass is 16.7. The van der Waals surface area contributed by atoms with Gasteiger partial charge >= 0.3 is 7.32 Å². The third kappa shape index (κ3) is 4.11. The van der Waals surface area contributed by atoms with E-state index in [9.17, 15) is 0 Å². The van der Waals surface area contributed by atoms with Crippen LogP contribution in [0.25, 0.3) is 0 Å². The van der Waals surface area contributed by atoms with Crippen molar-refractivity contribution in [3.8, 4) is 0 Å². The van der Waals surface area contributed by atoms with E-state index in [-0.39, 0.29) is 0 Å². The van der Waals surface area contributed by atoms with Gasteiger partial charge in [0.15, 0.2) is 0 Å². The first-order valence-electron chi connectivity index (χ1n) is 2.63. The third-order valence-electron chi connectivity index (χ3n) is 0.666. The lowest BCUT2D eigenvalue weighted by Crippen LogP contribution is -2.20. The maximum Gasteiger partial charge on any atom is 0.636 e. The molecule has 0 aliphatic rings. The van der Waals surface area contributed by atoms with Crippen molar-refractivity contribution in [2.75, 3.05) is 13.7 Å². The molecule has 0 aliphatic carbocycles. The highest BCUT2D eigenvalue weighted by Crippen LogP contribution is 1.83. The molecule has 0 aromatic carbocycles. The fourth-order valence-electron chi connectivity index (χ4n) is 0.287. The van der Waals surface area contributed by atoms with Crippen LogP contribution in [0.1, 0.15) is 13.3 Å². The third-order valence-corrected chi connectivity index (χ3v) is 0.666. The summed E-state index contributed by atoms with van der Waals surface area (Å²) in [6.45, 7) is 2.50. The van der Waals surface area contributed by atoms with Gasteiger partial charge in [0.1, 0.15) is 0 Å². The quantitative estimate of drug-likeness (QED) is 0.529. The summed E-state index contributed by atoms with van der Waals surface area (Å²) in [6, 6.07) is 0. The maximum absolute atomic E-state index is 8.54. The Kier molecular flexibility index (Phi) is 5.05. The minimum Gasteiger partial charge on any atom is -0.402 e. The molecule has 0 amide bonds. The van der Waals surface area contributed by atoms with Crippen LogP contribution in [-0.2, 0) is 9.31 Å². The highest BCUT2D eigenvalue weighted by molar-refractivity contribution is 6.34. The molecule has 0 bridgehead atoms. The summed E-state index contributed by atoms with van der Waals surface area (Å²) < 4.78 is 9.06. The lowest BCUT2D eigenvalue weighted by atomic mass is 10.2. The first-order chi connectivity index (χ1) is 3.81. The maximum atomic E-state index is 8.54. The molecule has 48 valence electrons. The van der Waals surface area contributed by atoms with Crippen molar-refractivity contribution in [3.05, 3.63) is 0 Å². The SMILES string of the molecule is CCCOB(O)OC. The number of hydrogen-bond donors (Lipinski definition) is 1. The highest BCUT2D eigenvalue weighted by Gasteiger charge is 2.10. The molecule has 0 unspecified atom stereocenters. The summed E-state index contributed by atoms with van der Waals surface area (Å²) in [5, 5.41) is 8.54. The summed E-state index contributed by atoms with van der Waals surface area (Å²) in [6.07, 6.45) is 0.889. The first kappa shape index (κ1) is 7.94. The Balaban J connectivity index is 2.86. The van der Waals surface area contributed by atoms with Gasteiger partial charge in [0.25, 0.3) is 0 Å². The van der Waals surface area contributed by atoms with Crippen LogP contribution in [-0.4, -0.2) is 26.1 Å². The van der Waals surface area contributed by atoms with E-state index in [0.29, 0.717) is 6.61 Å². The minimum atomic E-state index is -1.05. The van der Waals surface area contributed by atoms with Crippen molar-refractivity contribution < 1.29 is 14.3 Å². The molecule has 8 heavy (non-hydrogen) atoms. The van der Waals surface area contributed by atoms with Gasteiger partial charge in [-0.25, -0.2) is 0 Å². The summed E-state index contributed by atoms with van der Waals surface area (Å²) >= 11 is 0. The van der Waals surface area contributed by atoms with E-state index in [1.165, 1.54) is 7.11 Å². The van der Waals surface area contributed by atoms with Gasteiger partial charge in [0.2, 0.25) is 0 Å². The Labute approximate surface area is 49.8 Å². The zero-order valence-electron chi connectivity index (χ0n) is 5.26. The monoisotopic (exact) mass is 118 g/mol. The molecular formula is C4H11BO3. The van der Waals surface area contributed by atoms with Gasteiger partial charge in [-0.15, -0.1) is 0 Å². The van der Waals surface area contributed by atoms with E-state index < -0.39 is 7.32 Å². The fraction of sp³-hybridized carbons (Fsp3) is 1.00. The topological polar surface area (TPSA) is 38.7 Å². The van der Waals surface area contributed by atoms with Gasteiger partial charge in [-0.3, -0.25) is 0 Å². The molecule has 3 nitrogen and oxygen atoms in total. The average molecular weight is 118 g/mol. The van der Waals surface area contributed by atoms with Crippen LogP contribution < -0.4 is 0 Å². The van der Waals surface area contributed by atoms with Crippen molar-refractivity contribution in [2.45, 2.75) is 13.3 Å². The average Bonchev–Trinajstić information content (AvgIpc) is 1.83. The lowest BCUT2D eigenvalue weighted by molar-refractivity contribution is 0.159. The first-order valence-corrected chi connectivity index (χ1v) is 2.63. The van der Waals surface area contributed by atoms with Gasteiger partial charge in [-0.05, 0) is 6.42 Å². The largest absolute Gasteiger partial charge is 0.636 e. The van der Waals surface area contributed by atoms with Crippen molar-refractivity contribution >= 4 is 7.32 Å². The van der Waals surface area contributed by atoms with Crippen LogP contribution >= 0.6 is 0 Å². The van der Waals surface area contributed by atoms with Gasteiger partial charge in [-0.1, -0.05) is 6.92 Å². The number of rotatable bonds is 4. The second-order valence-corrected chi connectivity index (χ2v) is 1.41. The van der Waals surface area contributed by atoms with Gasteiger partial charge in [-0.2, -0.15) is 0 Å². The summed E-state index contributed by atoms with van der Waals surface area (Å²) in [7, 11) is 0.343. The molecule has 0 aliphatic heterocycles. The van der Waals surface area contributed by atoms with Gasteiger partial charge < -0.3 is 14.3 Å². The molecule has 0 saturated carbocycles. The van der Waals surface area contributed by atoms with Crippen LogP contribution in [0.15, 0.2) is 0 Å². The van der Waals surface area contributed by atoms with Crippen molar-refractivity contribution in [1.82, 2.24) is 0 Å². The smallest absolute Gasteiger partial charge is 0.402 e. The molecule has 0 spiro atoms. The van der Waals surface area contributed by atoms with Crippen molar-refractivity contribution in [3.63, 3.8) is 0 Å². The molecule has 0 fully saturated rings. The molecular weight excluding hydrogens is 107 g/mol. The standard InChI is InChI=1S/C4H11BO3/c1-3-4-8-5(6)7-2/h6H,3-4H2,1-2H3. The molecule has 0 atom stereocenters. The zero-order chi connectivity index (χ0) is 6.41. The Morgan fingerprint density at radius 3 is 2.62 bits per heavy atom. The van der Waals surface area contributed by atoms with E-state index in [0.717, 1.165) is 6.42 Å². The summed E-state index contributed by atoms with van der Waals surface area (Å²) in [5.41, 5.74) is 0. The second kappa shape index (κ2) is 5.09. The van der Waals surface area contributed by atoms with E-state index in [1.807, 2.05) is 6.92 Å². The van der Waals surface area contributed by atoms with E-state index in [1.54, 1.807) is 0 Å². The molecule has 0 radical (unpaired) electrons. The Hall–Kier alpha value is -0.0551. The molecule has 0 rings (SSSR count). The predicted molar refractivity (Wildman–Crippen MR) is 31.2 cm³/mol. The van der Waals surface area contributed by atoms with Crippen LogP contribution in [0.5, 0.6) is 0 Å². The summed E-state index contributed by atoms with van der Waals surface area (Å²) in [4.78, 5) is 0. The van der Waals surface area contributed by atoms with Gasteiger partial charge in [0.05, 0.1) is 0 Å². The Morgan fingerprint density at radius 2 is 2.25 bits per heavy atom. The van der Waals surface area contributed by atoms with Crippen LogP contribution in [0.4, 0.5) is 0 Å². The summed E-state index contributed by atoms with van der Waals surface area (Å²) in [5.74, 6) is 0. The normalized spacial score (nSPS) is 9.38. The van der Waals surface area contributed by atoms with Crippen LogP contribution in [0.3, 0.4) is 0 Å². The van der Waals surface area contributed by atoms with E-state index >= 15 is 0 Å². The van der Waals surface area contributed by atoms with Crippen LogP contribution in [0.2, 0.25) is 0 Å². The minimum absolute atomic E-state index is 0.537. The molecule has 4 heteroatoms. The second-order valence-electron chi connectivity index (χ2n) is 1.41. The molecule has 0 heterocycles. The van der Waals surface area contributed by atoms with Crippen molar-refractivity contribution in [2.24, 2.45) is 0 Å². The number of hydrogen-bond acceptors (Lipinski definition) is 3. The van der Waals surface area contributed by atoms with Crippen molar-refractivity contribution in [1.29, 1.82) is 0 Å². The molecule has 0 aromatic rings. The predicted octanol–water partition coefficient (Wildman–Crippen LogP) is 0.0366. The van der Waals surface area contributed by atoms with E-state index in [4.69, 9.17) is 5.02 Å². The van der Waals surface area contributed by atoms with Crippen LogP contribution in [0, 0.1) is 0 Å². The van der Waals surface area contributed by atoms with E-state index in [2.05, 4.69) is 9.31 Å².